The van der Waals surface area contributed by atoms with E-state index in [1.807, 2.05) is 37.5 Å². The van der Waals surface area contributed by atoms with Crippen molar-refractivity contribution >= 4 is 5.91 Å². The number of aromatic nitrogens is 2. The van der Waals surface area contributed by atoms with Gasteiger partial charge in [-0.25, -0.2) is 4.98 Å². The Morgan fingerprint density at radius 3 is 2.79 bits per heavy atom. The Hall–Kier alpha value is -2.14. The second-order valence-corrected chi connectivity index (χ2v) is 6.55. The first kappa shape index (κ1) is 16.7. The lowest BCUT2D eigenvalue weighted by Gasteiger charge is -2.18. The highest BCUT2D eigenvalue weighted by molar-refractivity contribution is 5.81. The monoisotopic (exact) mass is 326 g/mol. The fourth-order valence-corrected chi connectivity index (χ4v) is 3.16. The molecule has 5 heteroatoms. The van der Waals surface area contributed by atoms with E-state index in [1.165, 1.54) is 18.4 Å². The van der Waals surface area contributed by atoms with E-state index in [0.29, 0.717) is 12.6 Å². The van der Waals surface area contributed by atoms with Crippen molar-refractivity contribution in [2.24, 2.45) is 0 Å². The Labute approximate surface area is 143 Å². The van der Waals surface area contributed by atoms with Gasteiger partial charge in [-0.15, -0.1) is 0 Å². The average Bonchev–Trinajstić information content (AvgIpc) is 3.25. The zero-order chi connectivity index (χ0) is 16.8. The summed E-state index contributed by atoms with van der Waals surface area (Å²) in [5, 5.41) is 6.42. The molecule has 0 bridgehead atoms. The number of hydrogen-bond donors (Lipinski definition) is 2. The van der Waals surface area contributed by atoms with E-state index in [4.69, 9.17) is 0 Å². The first-order chi connectivity index (χ1) is 11.7. The summed E-state index contributed by atoms with van der Waals surface area (Å²) >= 11 is 0. The third kappa shape index (κ3) is 4.45. The van der Waals surface area contributed by atoms with Crippen LogP contribution < -0.4 is 10.6 Å². The average molecular weight is 326 g/mol. The lowest BCUT2D eigenvalue weighted by atomic mass is 10.2. The van der Waals surface area contributed by atoms with Gasteiger partial charge in [-0.3, -0.25) is 10.1 Å². The van der Waals surface area contributed by atoms with Gasteiger partial charge < -0.3 is 9.88 Å². The van der Waals surface area contributed by atoms with Gasteiger partial charge in [-0.1, -0.05) is 43.2 Å². The number of amides is 1. The second-order valence-electron chi connectivity index (χ2n) is 6.55. The molecule has 2 N–H and O–H groups in total. The second kappa shape index (κ2) is 8.11. The van der Waals surface area contributed by atoms with Crippen LogP contribution in [0.5, 0.6) is 0 Å². The highest BCUT2D eigenvalue weighted by Gasteiger charge is 2.20. The van der Waals surface area contributed by atoms with Gasteiger partial charge in [0.25, 0.3) is 0 Å². The van der Waals surface area contributed by atoms with Crippen LogP contribution >= 0.6 is 0 Å². The van der Waals surface area contributed by atoms with Gasteiger partial charge in [-0.05, 0) is 25.3 Å². The van der Waals surface area contributed by atoms with Crippen LogP contribution in [0.1, 0.15) is 44.0 Å². The van der Waals surface area contributed by atoms with Gasteiger partial charge >= 0.3 is 0 Å². The molecule has 1 heterocycles. The number of imidazole rings is 1. The maximum atomic E-state index is 12.2. The Morgan fingerprint density at radius 2 is 2.04 bits per heavy atom. The molecule has 0 spiro atoms. The molecule has 0 aliphatic heterocycles. The molecule has 1 aromatic heterocycles. The molecular formula is C19H26N4O. The lowest BCUT2D eigenvalue weighted by molar-refractivity contribution is -0.123. The predicted molar refractivity (Wildman–Crippen MR) is 94.5 cm³/mol. The summed E-state index contributed by atoms with van der Waals surface area (Å²) < 4.78 is 2.12. The van der Waals surface area contributed by atoms with Crippen molar-refractivity contribution in [1.82, 2.24) is 20.2 Å². The van der Waals surface area contributed by atoms with Gasteiger partial charge in [0, 0.05) is 25.0 Å². The number of carbonyl (C=O) groups is 1. The van der Waals surface area contributed by atoms with Gasteiger partial charge in [-0.2, -0.15) is 0 Å². The van der Waals surface area contributed by atoms with Crippen LogP contribution in [0.2, 0.25) is 0 Å². The standard InChI is InChI=1S/C19H26N4O/c1-15(19(24)22-17-9-5-6-10-17)21-13-18-20-11-12-23(18)14-16-7-3-2-4-8-16/h2-4,7-8,11-12,15,17,21H,5-6,9-10,13-14H2,1H3,(H,22,24)/t15-/m0/s1. The minimum absolute atomic E-state index is 0.0862. The molecule has 128 valence electrons. The van der Waals surface area contributed by atoms with Gasteiger partial charge in [0.1, 0.15) is 5.82 Å². The summed E-state index contributed by atoms with van der Waals surface area (Å²) in [5.41, 5.74) is 1.24. The molecule has 0 radical (unpaired) electrons. The Balaban J connectivity index is 1.51. The molecule has 1 aliphatic carbocycles. The highest BCUT2D eigenvalue weighted by atomic mass is 16.2. The number of nitrogens with one attached hydrogen (secondary N) is 2. The summed E-state index contributed by atoms with van der Waals surface area (Å²) in [6, 6.07) is 10.5. The zero-order valence-electron chi connectivity index (χ0n) is 14.2. The molecule has 3 rings (SSSR count). The molecule has 0 saturated heterocycles. The van der Waals surface area contributed by atoms with Gasteiger partial charge in [0.15, 0.2) is 0 Å². The van der Waals surface area contributed by atoms with Crippen LogP contribution in [0.25, 0.3) is 0 Å². The lowest BCUT2D eigenvalue weighted by Crippen LogP contribution is -2.45. The fourth-order valence-electron chi connectivity index (χ4n) is 3.16. The summed E-state index contributed by atoms with van der Waals surface area (Å²) in [5.74, 6) is 1.03. The largest absolute Gasteiger partial charge is 0.352 e. The van der Waals surface area contributed by atoms with E-state index < -0.39 is 0 Å². The third-order valence-electron chi connectivity index (χ3n) is 4.66. The smallest absolute Gasteiger partial charge is 0.237 e. The van der Waals surface area contributed by atoms with Crippen LogP contribution in [-0.2, 0) is 17.9 Å². The molecule has 2 aromatic rings. The quantitative estimate of drug-likeness (QED) is 0.822. The number of rotatable bonds is 7. The van der Waals surface area contributed by atoms with Crippen LogP contribution in [0, 0.1) is 0 Å². The molecule has 1 atom stereocenters. The van der Waals surface area contributed by atoms with Crippen molar-refractivity contribution in [2.75, 3.05) is 0 Å². The number of nitrogens with zero attached hydrogens (tertiary/aromatic N) is 2. The third-order valence-corrected chi connectivity index (χ3v) is 4.66. The van der Waals surface area contributed by atoms with Crippen molar-refractivity contribution in [2.45, 2.75) is 57.8 Å². The van der Waals surface area contributed by atoms with E-state index in [2.05, 4.69) is 32.3 Å². The summed E-state index contributed by atoms with van der Waals surface area (Å²) in [6.07, 6.45) is 8.46. The van der Waals surface area contributed by atoms with Crippen molar-refractivity contribution in [1.29, 1.82) is 0 Å². The fraction of sp³-hybridized carbons (Fsp3) is 0.474. The maximum Gasteiger partial charge on any atom is 0.237 e. The van der Waals surface area contributed by atoms with Crippen LogP contribution in [-0.4, -0.2) is 27.5 Å². The van der Waals surface area contributed by atoms with Gasteiger partial charge in [0.05, 0.1) is 12.6 Å². The van der Waals surface area contributed by atoms with Gasteiger partial charge in [0.2, 0.25) is 5.91 Å². The number of benzene rings is 1. The van der Waals surface area contributed by atoms with Crippen molar-refractivity contribution in [3.05, 3.63) is 54.1 Å². The van der Waals surface area contributed by atoms with Crippen LogP contribution in [0.4, 0.5) is 0 Å². The van der Waals surface area contributed by atoms with Crippen molar-refractivity contribution in [3.8, 4) is 0 Å². The van der Waals surface area contributed by atoms with Crippen LogP contribution in [0.3, 0.4) is 0 Å². The number of carbonyl (C=O) groups excluding carboxylic acids is 1. The Morgan fingerprint density at radius 1 is 1.29 bits per heavy atom. The van der Waals surface area contributed by atoms with E-state index in [-0.39, 0.29) is 11.9 Å². The maximum absolute atomic E-state index is 12.2. The summed E-state index contributed by atoms with van der Waals surface area (Å²) in [4.78, 5) is 16.6. The molecule has 5 nitrogen and oxygen atoms in total. The normalized spacial score (nSPS) is 16.2. The van der Waals surface area contributed by atoms with E-state index in [1.54, 1.807) is 0 Å². The zero-order valence-corrected chi connectivity index (χ0v) is 14.2. The molecule has 24 heavy (non-hydrogen) atoms. The predicted octanol–water partition coefficient (Wildman–Crippen LogP) is 2.47. The minimum Gasteiger partial charge on any atom is -0.352 e. The Bertz CT molecular complexity index is 646. The van der Waals surface area contributed by atoms with E-state index in [9.17, 15) is 4.79 Å². The summed E-state index contributed by atoms with van der Waals surface area (Å²) in [6.45, 7) is 3.29. The van der Waals surface area contributed by atoms with E-state index >= 15 is 0 Å². The Kier molecular flexibility index (Phi) is 5.64. The SMILES string of the molecule is C[C@H](NCc1nccn1Cc1ccccc1)C(=O)NC1CCCC1. The highest BCUT2D eigenvalue weighted by Crippen LogP contribution is 2.17. The first-order valence-electron chi connectivity index (χ1n) is 8.80. The number of hydrogen-bond acceptors (Lipinski definition) is 3. The molecule has 1 saturated carbocycles. The molecule has 0 unspecified atom stereocenters. The summed E-state index contributed by atoms with van der Waals surface area (Å²) in [7, 11) is 0. The van der Waals surface area contributed by atoms with E-state index in [0.717, 1.165) is 25.2 Å². The molecule has 1 aromatic carbocycles. The molecular weight excluding hydrogens is 300 g/mol. The topological polar surface area (TPSA) is 59.0 Å². The minimum atomic E-state index is -0.215. The molecule has 1 amide bonds. The van der Waals surface area contributed by atoms with Crippen molar-refractivity contribution in [3.63, 3.8) is 0 Å². The first-order valence-corrected chi connectivity index (χ1v) is 8.80. The molecule has 1 aliphatic rings. The van der Waals surface area contributed by atoms with Crippen LogP contribution in [0.15, 0.2) is 42.7 Å². The molecule has 1 fully saturated rings. The van der Waals surface area contributed by atoms with Crippen molar-refractivity contribution < 1.29 is 4.79 Å².